The Balaban J connectivity index is 1.60. The third-order valence-corrected chi connectivity index (χ3v) is 3.90. The summed E-state index contributed by atoms with van der Waals surface area (Å²) >= 11 is 0. The van der Waals surface area contributed by atoms with Crippen LogP contribution < -0.4 is 0 Å². The van der Waals surface area contributed by atoms with Crippen LogP contribution in [0.1, 0.15) is 36.0 Å². The van der Waals surface area contributed by atoms with E-state index in [1.54, 1.807) is 6.92 Å². The van der Waals surface area contributed by atoms with Gasteiger partial charge in [-0.3, -0.25) is 4.90 Å². The van der Waals surface area contributed by atoms with E-state index in [9.17, 15) is 8.78 Å². The van der Waals surface area contributed by atoms with E-state index < -0.39 is 5.82 Å². The van der Waals surface area contributed by atoms with E-state index in [-0.39, 0.29) is 11.7 Å². The van der Waals surface area contributed by atoms with Gasteiger partial charge in [0.25, 0.3) is 0 Å². The van der Waals surface area contributed by atoms with E-state index in [1.807, 2.05) is 0 Å². The third kappa shape index (κ3) is 3.26. The molecule has 0 N–H and O–H groups in total. The fraction of sp³-hybridized carbons (Fsp3) is 0.467. The lowest BCUT2D eigenvalue weighted by atomic mass is 9.96. The number of piperidine rings is 1. The number of hydrogen-bond donors (Lipinski definition) is 0. The van der Waals surface area contributed by atoms with Crippen molar-refractivity contribution in [3.05, 3.63) is 47.1 Å². The highest BCUT2D eigenvalue weighted by Gasteiger charge is 2.24. The highest BCUT2D eigenvalue weighted by atomic mass is 19.1. The number of hydrogen-bond acceptors (Lipinski definition) is 4. The first-order valence-electron chi connectivity index (χ1n) is 7.08. The Morgan fingerprint density at radius 3 is 2.71 bits per heavy atom. The average molecular weight is 293 g/mol. The summed E-state index contributed by atoms with van der Waals surface area (Å²) in [5.41, 5.74) is 0.406. The fourth-order valence-electron chi connectivity index (χ4n) is 2.74. The second-order valence-electron chi connectivity index (χ2n) is 5.46. The Morgan fingerprint density at radius 2 is 2.05 bits per heavy atom. The van der Waals surface area contributed by atoms with Gasteiger partial charge in [0.15, 0.2) is 5.82 Å². The number of likely N-dealkylation sites (tertiary alicyclic amines) is 1. The Labute approximate surface area is 121 Å². The summed E-state index contributed by atoms with van der Waals surface area (Å²) in [5, 5.41) is 3.96. The smallest absolute Gasteiger partial charge is 0.223 e. The summed E-state index contributed by atoms with van der Waals surface area (Å²) in [6.45, 7) is 3.84. The highest BCUT2D eigenvalue weighted by Crippen LogP contribution is 2.27. The number of aryl methyl sites for hydroxylation is 1. The van der Waals surface area contributed by atoms with Gasteiger partial charge in [-0.25, -0.2) is 8.78 Å². The van der Waals surface area contributed by atoms with Crippen LogP contribution in [0.15, 0.2) is 22.7 Å². The standard InChI is InChI=1S/C15H17F2N3O/c1-10-18-15(19-21-10)11-4-6-20(7-5-11)9-12-8-13(16)2-3-14(12)17/h2-3,8,11H,4-7,9H2,1H3. The molecule has 1 aliphatic heterocycles. The van der Waals surface area contributed by atoms with Crippen molar-refractivity contribution in [1.29, 1.82) is 0 Å². The van der Waals surface area contributed by atoms with Gasteiger partial charge < -0.3 is 4.52 Å². The molecular weight excluding hydrogens is 276 g/mol. The minimum atomic E-state index is -0.399. The molecule has 2 aromatic rings. The van der Waals surface area contributed by atoms with Gasteiger partial charge in [-0.05, 0) is 44.1 Å². The molecule has 1 aliphatic rings. The lowest BCUT2D eigenvalue weighted by Crippen LogP contribution is -2.33. The number of benzene rings is 1. The van der Waals surface area contributed by atoms with Crippen molar-refractivity contribution in [3.63, 3.8) is 0 Å². The zero-order valence-electron chi connectivity index (χ0n) is 11.9. The van der Waals surface area contributed by atoms with Gasteiger partial charge in [-0.1, -0.05) is 5.16 Å². The van der Waals surface area contributed by atoms with Crippen LogP contribution in [0.4, 0.5) is 8.78 Å². The molecule has 0 aliphatic carbocycles. The zero-order chi connectivity index (χ0) is 14.8. The quantitative estimate of drug-likeness (QED) is 0.872. The monoisotopic (exact) mass is 293 g/mol. The number of aromatic nitrogens is 2. The van der Waals surface area contributed by atoms with Crippen molar-refractivity contribution in [1.82, 2.24) is 15.0 Å². The zero-order valence-corrected chi connectivity index (χ0v) is 11.9. The van der Waals surface area contributed by atoms with E-state index >= 15 is 0 Å². The van der Waals surface area contributed by atoms with E-state index in [2.05, 4.69) is 15.0 Å². The van der Waals surface area contributed by atoms with Crippen molar-refractivity contribution >= 4 is 0 Å². The van der Waals surface area contributed by atoms with Crippen LogP contribution in [0.3, 0.4) is 0 Å². The molecule has 0 unspecified atom stereocenters. The Morgan fingerprint density at radius 1 is 1.29 bits per heavy atom. The number of rotatable bonds is 3. The van der Waals surface area contributed by atoms with Crippen molar-refractivity contribution in [2.75, 3.05) is 13.1 Å². The molecule has 0 spiro atoms. The van der Waals surface area contributed by atoms with Crippen molar-refractivity contribution in [3.8, 4) is 0 Å². The normalized spacial score (nSPS) is 17.3. The van der Waals surface area contributed by atoms with Crippen molar-refractivity contribution in [2.45, 2.75) is 32.2 Å². The van der Waals surface area contributed by atoms with E-state index in [0.717, 1.165) is 37.8 Å². The molecular formula is C15H17F2N3O. The first-order chi connectivity index (χ1) is 10.1. The van der Waals surface area contributed by atoms with Crippen molar-refractivity contribution in [2.24, 2.45) is 0 Å². The molecule has 0 radical (unpaired) electrons. The van der Waals surface area contributed by atoms with Crippen LogP contribution in [0.25, 0.3) is 0 Å². The average Bonchev–Trinajstić information content (AvgIpc) is 2.90. The molecule has 21 heavy (non-hydrogen) atoms. The second kappa shape index (κ2) is 5.89. The van der Waals surface area contributed by atoms with Gasteiger partial charge in [-0.15, -0.1) is 0 Å². The minimum absolute atomic E-state index is 0.288. The molecule has 0 bridgehead atoms. The maximum absolute atomic E-state index is 13.6. The first kappa shape index (κ1) is 14.1. The lowest BCUT2D eigenvalue weighted by Gasteiger charge is -2.30. The van der Waals surface area contributed by atoms with Gasteiger partial charge in [0, 0.05) is 24.9 Å². The van der Waals surface area contributed by atoms with Gasteiger partial charge >= 0.3 is 0 Å². The molecule has 0 atom stereocenters. The summed E-state index contributed by atoms with van der Waals surface area (Å²) in [6.07, 6.45) is 1.80. The van der Waals surface area contributed by atoms with E-state index in [0.29, 0.717) is 18.0 Å². The predicted octanol–water partition coefficient (Wildman–Crippen LogP) is 3.04. The molecule has 6 heteroatoms. The Kier molecular flexibility index (Phi) is 3.96. The SMILES string of the molecule is Cc1nc(C2CCN(Cc3cc(F)ccc3F)CC2)no1. The summed E-state index contributed by atoms with van der Waals surface area (Å²) in [4.78, 5) is 6.39. The molecule has 1 saturated heterocycles. The molecule has 3 rings (SSSR count). The summed E-state index contributed by atoms with van der Waals surface area (Å²) in [6, 6.07) is 3.59. The molecule has 1 aromatic heterocycles. The highest BCUT2D eigenvalue weighted by molar-refractivity contribution is 5.18. The topological polar surface area (TPSA) is 42.2 Å². The minimum Gasteiger partial charge on any atom is -0.340 e. The van der Waals surface area contributed by atoms with Gasteiger partial charge in [0.05, 0.1) is 0 Å². The molecule has 4 nitrogen and oxygen atoms in total. The number of nitrogens with zero attached hydrogens (tertiary/aromatic N) is 3. The molecule has 2 heterocycles. The van der Waals surface area contributed by atoms with Crippen LogP contribution in [-0.2, 0) is 6.54 Å². The molecule has 1 aromatic carbocycles. The van der Waals surface area contributed by atoms with Crippen molar-refractivity contribution < 1.29 is 13.3 Å². The van der Waals surface area contributed by atoms with E-state index in [4.69, 9.17) is 4.52 Å². The fourth-order valence-corrected chi connectivity index (χ4v) is 2.74. The van der Waals surface area contributed by atoms with Gasteiger partial charge in [-0.2, -0.15) is 4.98 Å². The maximum Gasteiger partial charge on any atom is 0.223 e. The van der Waals surface area contributed by atoms with Crippen LogP contribution in [0.5, 0.6) is 0 Å². The van der Waals surface area contributed by atoms with Crippen LogP contribution in [0.2, 0.25) is 0 Å². The predicted molar refractivity (Wildman–Crippen MR) is 72.6 cm³/mol. The summed E-state index contributed by atoms with van der Waals surface area (Å²) in [5.74, 6) is 0.866. The number of halogens is 2. The third-order valence-electron chi connectivity index (χ3n) is 3.90. The summed E-state index contributed by atoms with van der Waals surface area (Å²) < 4.78 is 31.8. The van der Waals surface area contributed by atoms with Crippen LogP contribution >= 0.6 is 0 Å². The van der Waals surface area contributed by atoms with Gasteiger partial charge in [0.1, 0.15) is 11.6 Å². The molecule has 0 amide bonds. The summed E-state index contributed by atoms with van der Waals surface area (Å²) in [7, 11) is 0. The van der Waals surface area contributed by atoms with Crippen LogP contribution in [-0.4, -0.2) is 28.1 Å². The molecule has 1 fully saturated rings. The lowest BCUT2D eigenvalue weighted by molar-refractivity contribution is 0.197. The maximum atomic E-state index is 13.6. The Hall–Kier alpha value is -1.82. The molecule has 0 saturated carbocycles. The molecule has 112 valence electrons. The van der Waals surface area contributed by atoms with E-state index in [1.165, 1.54) is 12.1 Å². The largest absolute Gasteiger partial charge is 0.340 e. The van der Waals surface area contributed by atoms with Crippen LogP contribution in [0, 0.1) is 18.6 Å². The first-order valence-corrected chi connectivity index (χ1v) is 7.08. The Bertz CT molecular complexity index is 621. The van der Waals surface area contributed by atoms with Gasteiger partial charge in [0.2, 0.25) is 5.89 Å². The second-order valence-corrected chi connectivity index (χ2v) is 5.46.